The second-order valence-corrected chi connectivity index (χ2v) is 8.27. The Hall–Kier alpha value is 0.700. The number of hydrogen-bond acceptors (Lipinski definition) is 0. The number of alkyl halides is 6. The number of rotatable bonds is 1. The molecule has 102 valence electrons. The van der Waals surface area contributed by atoms with E-state index in [1.807, 2.05) is 30.3 Å². The highest BCUT2D eigenvalue weighted by Gasteiger charge is 2.79. The maximum Gasteiger partial charge on any atom is 0.166 e. The van der Waals surface area contributed by atoms with Gasteiger partial charge in [0.1, 0.15) is 9.75 Å². The van der Waals surface area contributed by atoms with Crippen LogP contribution in [0.3, 0.4) is 0 Å². The van der Waals surface area contributed by atoms with E-state index in [2.05, 4.69) is 0 Å². The first-order chi connectivity index (χ1) is 8.77. The quantitative estimate of drug-likeness (QED) is 0.572. The van der Waals surface area contributed by atoms with Crippen molar-refractivity contribution in [2.75, 3.05) is 0 Å². The van der Waals surface area contributed by atoms with Crippen LogP contribution in [0.2, 0.25) is 0 Å². The topological polar surface area (TPSA) is 0 Å². The first-order valence-corrected chi connectivity index (χ1v) is 7.98. The maximum atomic E-state index is 6.69. The van der Waals surface area contributed by atoms with Gasteiger partial charge in [0.25, 0.3) is 0 Å². The molecule has 2 aliphatic rings. The Kier molecular flexibility index (Phi) is 3.35. The van der Waals surface area contributed by atoms with E-state index in [0.29, 0.717) is 0 Å². The summed E-state index contributed by atoms with van der Waals surface area (Å²) in [5, 5.41) is -1.31. The van der Waals surface area contributed by atoms with Crippen LogP contribution in [0.5, 0.6) is 0 Å². The summed E-state index contributed by atoms with van der Waals surface area (Å²) in [6.45, 7) is 0. The van der Waals surface area contributed by atoms with E-state index in [1.54, 1.807) is 6.08 Å². The average molecular weight is 377 g/mol. The van der Waals surface area contributed by atoms with Crippen LogP contribution in [-0.4, -0.2) is 24.8 Å². The predicted molar refractivity (Wildman–Crippen MR) is 85.3 cm³/mol. The lowest BCUT2D eigenvalue weighted by Crippen LogP contribution is -2.44. The number of hydrogen-bond donors (Lipinski definition) is 0. The fourth-order valence-corrected chi connectivity index (χ4v) is 5.66. The molecule has 4 atom stereocenters. The van der Waals surface area contributed by atoms with Gasteiger partial charge in [-0.3, -0.25) is 0 Å². The van der Waals surface area contributed by atoms with Crippen molar-refractivity contribution in [2.45, 2.75) is 24.8 Å². The molecule has 1 aromatic rings. The molecule has 0 N–H and O–H groups in total. The summed E-state index contributed by atoms with van der Waals surface area (Å²) in [6, 6.07) is 9.52. The first-order valence-electron chi connectivity index (χ1n) is 5.59. The summed E-state index contributed by atoms with van der Waals surface area (Å²) in [6.07, 6.45) is 1.74. The molecule has 0 spiro atoms. The maximum absolute atomic E-state index is 6.69. The largest absolute Gasteiger partial charge is 0.166 e. The summed E-state index contributed by atoms with van der Waals surface area (Å²) in [5.41, 5.74) is 1.62. The lowest BCUT2D eigenvalue weighted by Gasteiger charge is -2.33. The summed E-state index contributed by atoms with van der Waals surface area (Å²) in [5.74, 6) is 0. The van der Waals surface area contributed by atoms with Crippen LogP contribution < -0.4 is 0 Å². The first kappa shape index (κ1) is 14.6. The minimum absolute atomic E-state index is 0.643. The van der Waals surface area contributed by atoms with E-state index < -0.39 is 24.8 Å². The van der Waals surface area contributed by atoms with Crippen LogP contribution in [0.25, 0.3) is 5.57 Å². The van der Waals surface area contributed by atoms with Gasteiger partial charge in [0, 0.05) is 0 Å². The number of allylic oxidation sites excluding steroid dienone is 2. The van der Waals surface area contributed by atoms with Gasteiger partial charge in [-0.25, -0.2) is 0 Å². The van der Waals surface area contributed by atoms with Gasteiger partial charge in [-0.05, 0) is 11.1 Å². The van der Waals surface area contributed by atoms with Crippen molar-refractivity contribution in [2.24, 2.45) is 0 Å². The molecule has 0 aliphatic heterocycles. The second kappa shape index (κ2) is 4.35. The van der Waals surface area contributed by atoms with Crippen molar-refractivity contribution in [3.8, 4) is 0 Å². The highest BCUT2D eigenvalue weighted by molar-refractivity contribution is 6.65. The molecule has 0 aromatic heterocycles. The zero-order valence-electron chi connectivity index (χ0n) is 9.39. The molecule has 0 radical (unpaired) electrons. The van der Waals surface area contributed by atoms with E-state index in [0.717, 1.165) is 11.1 Å². The molecule has 6 heteroatoms. The lowest BCUT2D eigenvalue weighted by atomic mass is 9.90. The van der Waals surface area contributed by atoms with Crippen molar-refractivity contribution >= 4 is 75.2 Å². The highest BCUT2D eigenvalue weighted by atomic mass is 35.5. The fraction of sp³-hybridized carbons (Fsp3) is 0.385. The van der Waals surface area contributed by atoms with Gasteiger partial charge in [0.05, 0.1) is 10.8 Å². The molecule has 1 saturated carbocycles. The normalized spacial score (nSPS) is 43.4. The SMILES string of the molecule is Cl[C@H]1[C@H](Cl)[C@@]2(Cl)C(c3ccccc3)=C[C@@]1(Cl)C2(Cl)Cl. The molecule has 0 nitrogen and oxygen atoms in total. The smallest absolute Gasteiger partial charge is 0.119 e. The van der Waals surface area contributed by atoms with Crippen LogP contribution >= 0.6 is 69.6 Å². The monoisotopic (exact) mass is 374 g/mol. The predicted octanol–water partition coefficient (Wildman–Crippen LogP) is 5.44. The third-order valence-electron chi connectivity index (χ3n) is 3.81. The molecule has 2 bridgehead atoms. The minimum atomic E-state index is -1.47. The van der Waals surface area contributed by atoms with E-state index in [1.165, 1.54) is 0 Å². The molecule has 19 heavy (non-hydrogen) atoms. The number of benzene rings is 1. The van der Waals surface area contributed by atoms with E-state index in [4.69, 9.17) is 69.6 Å². The van der Waals surface area contributed by atoms with Gasteiger partial charge in [-0.15, -0.1) is 46.4 Å². The zero-order chi connectivity index (χ0) is 14.1. The molecule has 0 amide bonds. The van der Waals surface area contributed by atoms with Crippen LogP contribution in [0.1, 0.15) is 5.56 Å². The van der Waals surface area contributed by atoms with Gasteiger partial charge in [-0.2, -0.15) is 0 Å². The molecular weight excluding hydrogens is 369 g/mol. The summed E-state index contributed by atoms with van der Waals surface area (Å²) < 4.78 is -1.47. The Morgan fingerprint density at radius 3 is 1.89 bits per heavy atom. The summed E-state index contributed by atoms with van der Waals surface area (Å²) in [4.78, 5) is -2.40. The summed E-state index contributed by atoms with van der Waals surface area (Å²) in [7, 11) is 0. The second-order valence-electron chi connectivity index (χ2n) is 4.78. The highest BCUT2D eigenvalue weighted by Crippen LogP contribution is 2.72. The third-order valence-corrected chi connectivity index (χ3v) is 8.29. The zero-order valence-corrected chi connectivity index (χ0v) is 13.9. The molecule has 3 rings (SSSR count). The molecule has 0 unspecified atom stereocenters. The van der Waals surface area contributed by atoms with Crippen LogP contribution in [0, 0.1) is 0 Å². The fourth-order valence-electron chi connectivity index (χ4n) is 2.75. The van der Waals surface area contributed by atoms with Crippen molar-refractivity contribution in [3.63, 3.8) is 0 Å². The van der Waals surface area contributed by atoms with Gasteiger partial charge in [-0.1, -0.05) is 59.6 Å². The number of fused-ring (bicyclic) bond motifs is 2. The Labute approximate surface area is 141 Å². The molecule has 1 aromatic carbocycles. The molecule has 2 aliphatic carbocycles. The minimum Gasteiger partial charge on any atom is -0.119 e. The Balaban J connectivity index is 2.24. The van der Waals surface area contributed by atoms with Crippen molar-refractivity contribution in [3.05, 3.63) is 42.0 Å². The van der Waals surface area contributed by atoms with E-state index in [-0.39, 0.29) is 0 Å². The van der Waals surface area contributed by atoms with Gasteiger partial charge >= 0.3 is 0 Å². The molecule has 0 heterocycles. The third kappa shape index (κ3) is 1.57. The Morgan fingerprint density at radius 1 is 0.842 bits per heavy atom. The van der Waals surface area contributed by atoms with Crippen molar-refractivity contribution in [1.29, 1.82) is 0 Å². The average Bonchev–Trinajstić information content (AvgIpc) is 2.62. The van der Waals surface area contributed by atoms with Crippen LogP contribution in [0.15, 0.2) is 36.4 Å². The number of halogens is 6. The standard InChI is InChI=1S/C13H8Cl6/c14-9-10(15)12(17)8(7-4-2-1-3-5-7)6-11(9,16)13(12,18)19/h1-6,9-10H/t9-,10-,11-,12-/m0/s1. The van der Waals surface area contributed by atoms with Gasteiger partial charge in [0.2, 0.25) is 0 Å². The molecule has 1 fully saturated rings. The Morgan fingerprint density at radius 2 is 1.42 bits per heavy atom. The van der Waals surface area contributed by atoms with E-state index in [9.17, 15) is 0 Å². The molecular formula is C13H8Cl6. The summed E-state index contributed by atoms with van der Waals surface area (Å²) >= 11 is 38.7. The van der Waals surface area contributed by atoms with Gasteiger partial charge < -0.3 is 0 Å². The molecule has 0 saturated heterocycles. The van der Waals surface area contributed by atoms with Gasteiger partial charge in [0.15, 0.2) is 4.33 Å². The van der Waals surface area contributed by atoms with E-state index >= 15 is 0 Å². The van der Waals surface area contributed by atoms with Crippen molar-refractivity contribution in [1.82, 2.24) is 0 Å². The lowest BCUT2D eigenvalue weighted by molar-refractivity contribution is 0.698. The van der Waals surface area contributed by atoms with Crippen molar-refractivity contribution < 1.29 is 0 Å². The van der Waals surface area contributed by atoms with Crippen LogP contribution in [-0.2, 0) is 0 Å². The van der Waals surface area contributed by atoms with Crippen LogP contribution in [0.4, 0.5) is 0 Å². The Bertz CT molecular complexity index is 554.